The average Bonchev–Trinajstić information content (AvgIpc) is 3.27. The zero-order valence-electron chi connectivity index (χ0n) is 15.2. The summed E-state index contributed by atoms with van der Waals surface area (Å²) < 4.78 is 2.23. The lowest BCUT2D eigenvalue weighted by Crippen LogP contribution is -2.27. The Hall–Kier alpha value is -2.33. The molecule has 1 aliphatic rings. The third-order valence-electron chi connectivity index (χ3n) is 5.59. The van der Waals surface area contributed by atoms with Crippen LogP contribution in [0.1, 0.15) is 41.0 Å². The molecule has 0 spiro atoms. The van der Waals surface area contributed by atoms with Gasteiger partial charge in [-0.1, -0.05) is 0 Å². The first-order valence-electron chi connectivity index (χ1n) is 9.04. The second-order valence-electron chi connectivity index (χ2n) is 7.29. The zero-order valence-corrected chi connectivity index (χ0v) is 15.2. The van der Waals surface area contributed by atoms with Gasteiger partial charge in [0.15, 0.2) is 5.78 Å². The monoisotopic (exact) mass is 335 g/mol. The number of aromatic nitrogens is 2. The predicted molar refractivity (Wildman–Crippen MR) is 102 cm³/mol. The molecule has 25 heavy (non-hydrogen) atoms. The van der Waals surface area contributed by atoms with E-state index in [1.165, 1.54) is 17.8 Å². The Kier molecular flexibility index (Phi) is 4.00. The highest BCUT2D eigenvalue weighted by molar-refractivity contribution is 6.08. The number of likely N-dealkylation sites (tertiary alicyclic amines) is 1. The van der Waals surface area contributed by atoms with Gasteiger partial charge in [-0.25, -0.2) is 0 Å². The van der Waals surface area contributed by atoms with E-state index >= 15 is 0 Å². The minimum Gasteiger partial charge on any atom is -0.360 e. The molecule has 3 aromatic rings. The Morgan fingerprint density at radius 1 is 1.20 bits per heavy atom. The van der Waals surface area contributed by atoms with Gasteiger partial charge in [0, 0.05) is 52.2 Å². The van der Waals surface area contributed by atoms with Crippen LogP contribution in [-0.2, 0) is 0 Å². The van der Waals surface area contributed by atoms with E-state index in [2.05, 4.69) is 65.7 Å². The van der Waals surface area contributed by atoms with Crippen molar-refractivity contribution in [2.75, 3.05) is 13.6 Å². The van der Waals surface area contributed by atoms with Gasteiger partial charge in [-0.3, -0.25) is 4.79 Å². The molecular weight excluding hydrogens is 310 g/mol. The molecule has 4 heteroatoms. The molecule has 130 valence electrons. The molecule has 4 nitrogen and oxygen atoms in total. The number of hydrogen-bond donors (Lipinski definition) is 1. The highest BCUT2D eigenvalue weighted by atomic mass is 16.1. The summed E-state index contributed by atoms with van der Waals surface area (Å²) in [6.45, 7) is 5.31. The van der Waals surface area contributed by atoms with Crippen LogP contribution < -0.4 is 0 Å². The van der Waals surface area contributed by atoms with Crippen molar-refractivity contribution in [2.24, 2.45) is 0 Å². The molecule has 1 aromatic carbocycles. The van der Waals surface area contributed by atoms with Crippen LogP contribution in [0.25, 0.3) is 16.6 Å². The van der Waals surface area contributed by atoms with Crippen LogP contribution in [0.3, 0.4) is 0 Å². The number of hydrogen-bond acceptors (Lipinski definition) is 2. The Morgan fingerprint density at radius 3 is 2.64 bits per heavy atom. The average molecular weight is 335 g/mol. The molecule has 0 bridgehead atoms. The molecule has 1 saturated heterocycles. The van der Waals surface area contributed by atoms with Gasteiger partial charge in [-0.15, -0.1) is 0 Å². The first-order valence-corrected chi connectivity index (χ1v) is 9.04. The van der Waals surface area contributed by atoms with Crippen molar-refractivity contribution in [3.63, 3.8) is 0 Å². The highest BCUT2D eigenvalue weighted by Gasteiger charge is 2.25. The van der Waals surface area contributed by atoms with Crippen LogP contribution >= 0.6 is 0 Å². The second kappa shape index (κ2) is 6.19. The summed E-state index contributed by atoms with van der Waals surface area (Å²) in [6, 6.07) is 10.9. The number of nitrogens with zero attached hydrogens (tertiary/aromatic N) is 2. The zero-order chi connectivity index (χ0) is 17.6. The standard InChI is InChI=1S/C21H25N3O/c1-14-6-7-15(2)24(14)17-8-9-20-18(11-17)19(13-22-20)21(25)12-16-5-4-10-23(16)3/h6-9,11,13,16,22H,4-5,10,12H2,1-3H3/t16-/m0/s1. The van der Waals surface area contributed by atoms with E-state index in [0.29, 0.717) is 12.5 Å². The summed E-state index contributed by atoms with van der Waals surface area (Å²) in [4.78, 5) is 18.5. The molecule has 1 fully saturated rings. The molecule has 1 aliphatic heterocycles. The van der Waals surface area contributed by atoms with Gasteiger partial charge in [-0.05, 0) is 70.6 Å². The lowest BCUT2D eigenvalue weighted by atomic mass is 10.0. The SMILES string of the molecule is Cc1ccc(C)n1-c1ccc2[nH]cc(C(=O)C[C@@H]3CCCN3C)c2c1. The Labute approximate surface area is 148 Å². The fraction of sp³-hybridized carbons (Fsp3) is 0.381. The van der Waals surface area contributed by atoms with Crippen molar-refractivity contribution >= 4 is 16.7 Å². The minimum absolute atomic E-state index is 0.239. The summed E-state index contributed by atoms with van der Waals surface area (Å²) in [5.41, 5.74) is 5.36. The third kappa shape index (κ3) is 2.81. The topological polar surface area (TPSA) is 41.0 Å². The fourth-order valence-electron chi connectivity index (χ4n) is 4.12. The first kappa shape index (κ1) is 16.2. The van der Waals surface area contributed by atoms with E-state index in [1.54, 1.807) is 0 Å². The number of benzene rings is 1. The predicted octanol–water partition coefficient (Wildman–Crippen LogP) is 4.24. The van der Waals surface area contributed by atoms with Crippen LogP contribution in [0.5, 0.6) is 0 Å². The van der Waals surface area contributed by atoms with Gasteiger partial charge in [0.1, 0.15) is 0 Å². The number of aryl methyl sites for hydroxylation is 2. The van der Waals surface area contributed by atoms with Gasteiger partial charge < -0.3 is 14.5 Å². The summed E-state index contributed by atoms with van der Waals surface area (Å²) in [5, 5.41) is 1.02. The van der Waals surface area contributed by atoms with Crippen molar-refractivity contribution in [3.05, 3.63) is 53.5 Å². The van der Waals surface area contributed by atoms with Gasteiger partial charge in [0.25, 0.3) is 0 Å². The quantitative estimate of drug-likeness (QED) is 0.725. The minimum atomic E-state index is 0.239. The molecule has 0 unspecified atom stereocenters. The van der Waals surface area contributed by atoms with Crippen molar-refractivity contribution in [1.29, 1.82) is 0 Å². The lowest BCUT2D eigenvalue weighted by molar-refractivity contribution is 0.0952. The summed E-state index contributed by atoms with van der Waals surface area (Å²) in [6.07, 6.45) is 4.80. The number of fused-ring (bicyclic) bond motifs is 1. The van der Waals surface area contributed by atoms with Crippen molar-refractivity contribution < 1.29 is 4.79 Å². The maximum absolute atomic E-state index is 12.9. The summed E-state index contributed by atoms with van der Waals surface area (Å²) in [7, 11) is 2.12. The van der Waals surface area contributed by atoms with E-state index in [9.17, 15) is 4.79 Å². The molecule has 0 saturated carbocycles. The first-order chi connectivity index (χ1) is 12.0. The van der Waals surface area contributed by atoms with Crippen molar-refractivity contribution in [3.8, 4) is 5.69 Å². The Morgan fingerprint density at radius 2 is 1.96 bits per heavy atom. The van der Waals surface area contributed by atoms with Crippen LogP contribution in [0.4, 0.5) is 0 Å². The van der Waals surface area contributed by atoms with Gasteiger partial charge in [0.05, 0.1) is 0 Å². The van der Waals surface area contributed by atoms with Gasteiger partial charge >= 0.3 is 0 Å². The van der Waals surface area contributed by atoms with E-state index < -0.39 is 0 Å². The number of carbonyl (C=O) groups is 1. The molecule has 1 N–H and O–H groups in total. The largest absolute Gasteiger partial charge is 0.360 e. The smallest absolute Gasteiger partial charge is 0.166 e. The molecular formula is C21H25N3O. The van der Waals surface area contributed by atoms with E-state index in [-0.39, 0.29) is 5.78 Å². The van der Waals surface area contributed by atoms with Crippen molar-refractivity contribution in [1.82, 2.24) is 14.5 Å². The molecule has 1 atom stereocenters. The summed E-state index contributed by atoms with van der Waals surface area (Å²) in [5.74, 6) is 0.239. The van der Waals surface area contributed by atoms with E-state index in [1.807, 2.05) is 6.20 Å². The molecule has 2 aromatic heterocycles. The molecule has 0 aliphatic carbocycles. The number of aromatic amines is 1. The van der Waals surface area contributed by atoms with Crippen LogP contribution in [-0.4, -0.2) is 39.9 Å². The van der Waals surface area contributed by atoms with Gasteiger partial charge in [-0.2, -0.15) is 0 Å². The van der Waals surface area contributed by atoms with Gasteiger partial charge in [0.2, 0.25) is 0 Å². The Balaban J connectivity index is 1.70. The lowest BCUT2D eigenvalue weighted by Gasteiger charge is -2.18. The number of rotatable bonds is 4. The summed E-state index contributed by atoms with van der Waals surface area (Å²) >= 11 is 0. The van der Waals surface area contributed by atoms with Crippen LogP contribution in [0.15, 0.2) is 36.5 Å². The van der Waals surface area contributed by atoms with Crippen molar-refractivity contribution in [2.45, 2.75) is 39.2 Å². The Bertz CT molecular complexity index is 914. The fourth-order valence-corrected chi connectivity index (χ4v) is 4.12. The van der Waals surface area contributed by atoms with Crippen LogP contribution in [0, 0.1) is 13.8 Å². The van der Waals surface area contributed by atoms with Crippen LogP contribution in [0.2, 0.25) is 0 Å². The second-order valence-corrected chi connectivity index (χ2v) is 7.29. The van der Waals surface area contributed by atoms with E-state index in [4.69, 9.17) is 0 Å². The molecule has 0 radical (unpaired) electrons. The van der Waals surface area contributed by atoms with E-state index in [0.717, 1.165) is 35.1 Å². The number of H-pyrrole nitrogens is 1. The highest BCUT2D eigenvalue weighted by Crippen LogP contribution is 2.27. The molecule has 3 heterocycles. The number of Topliss-reactive ketones (excluding diaryl/α,β-unsaturated/α-hetero) is 1. The number of nitrogens with one attached hydrogen (secondary N) is 1. The maximum Gasteiger partial charge on any atom is 0.166 e. The third-order valence-corrected chi connectivity index (χ3v) is 5.59. The molecule has 0 amide bonds. The maximum atomic E-state index is 12.9. The number of carbonyl (C=O) groups excluding carboxylic acids is 1. The molecule has 4 rings (SSSR count). The number of ketones is 1. The normalized spacial score (nSPS) is 18.3.